The largest absolute Gasteiger partial charge is 0.507 e. The highest BCUT2D eigenvalue weighted by Gasteiger charge is 2.74. The minimum Gasteiger partial charge on any atom is -0.507 e. The van der Waals surface area contributed by atoms with Crippen LogP contribution >= 0.6 is 0 Å². The van der Waals surface area contributed by atoms with Crippen LogP contribution in [0.3, 0.4) is 0 Å². The molecular weight excluding hydrogens is 386 g/mol. The Morgan fingerprint density at radius 2 is 1.63 bits per heavy atom. The first-order valence-electron chi connectivity index (χ1n) is 9.83. The summed E-state index contributed by atoms with van der Waals surface area (Å²) in [6.07, 6.45) is 1.28. The zero-order valence-electron chi connectivity index (χ0n) is 16.2. The van der Waals surface area contributed by atoms with Gasteiger partial charge in [-0.05, 0) is 18.6 Å². The van der Waals surface area contributed by atoms with Crippen LogP contribution in [0.4, 0.5) is 0 Å². The molecule has 0 fully saturated rings. The van der Waals surface area contributed by atoms with Crippen molar-refractivity contribution in [2.24, 2.45) is 0 Å². The highest BCUT2D eigenvalue weighted by molar-refractivity contribution is 6.32. The van der Waals surface area contributed by atoms with Crippen molar-refractivity contribution in [3.63, 3.8) is 0 Å². The SMILES string of the molecule is CCCCN1C2=C(C(=O)c3c(O)cccc3C2=O)C2(O)C(=O)c3ccccc3C12O. The van der Waals surface area contributed by atoms with E-state index in [-0.39, 0.29) is 34.5 Å². The molecule has 1 heterocycles. The van der Waals surface area contributed by atoms with Gasteiger partial charge in [-0.25, -0.2) is 0 Å². The van der Waals surface area contributed by atoms with Gasteiger partial charge in [0.25, 0.3) is 0 Å². The number of ketones is 3. The molecule has 0 bridgehead atoms. The summed E-state index contributed by atoms with van der Waals surface area (Å²) in [6.45, 7) is 2.08. The van der Waals surface area contributed by atoms with Crippen LogP contribution in [-0.2, 0) is 5.72 Å². The highest BCUT2D eigenvalue weighted by atomic mass is 16.4. The Balaban J connectivity index is 1.84. The smallest absolute Gasteiger partial charge is 0.211 e. The zero-order chi connectivity index (χ0) is 21.4. The maximum absolute atomic E-state index is 13.5. The number of Topliss-reactive ketones (excluding diaryl/α,β-unsaturated/α-hetero) is 3. The monoisotopic (exact) mass is 405 g/mol. The Kier molecular flexibility index (Phi) is 3.66. The summed E-state index contributed by atoms with van der Waals surface area (Å²) < 4.78 is 0. The van der Waals surface area contributed by atoms with Gasteiger partial charge in [0, 0.05) is 23.2 Å². The van der Waals surface area contributed by atoms with Gasteiger partial charge in [-0.2, -0.15) is 0 Å². The molecule has 30 heavy (non-hydrogen) atoms. The molecule has 0 spiro atoms. The number of carbonyl (C=O) groups excluding carboxylic acids is 3. The minimum atomic E-state index is -2.65. The molecule has 152 valence electrons. The van der Waals surface area contributed by atoms with Crippen LogP contribution in [0, 0.1) is 0 Å². The molecule has 2 atom stereocenters. The van der Waals surface area contributed by atoms with Gasteiger partial charge in [0.2, 0.25) is 22.9 Å². The second-order valence-corrected chi connectivity index (χ2v) is 7.84. The lowest BCUT2D eigenvalue weighted by Crippen LogP contribution is -2.57. The Hall–Kier alpha value is -3.29. The molecule has 0 radical (unpaired) electrons. The Labute approximate surface area is 171 Å². The van der Waals surface area contributed by atoms with Gasteiger partial charge in [0.15, 0.2) is 5.78 Å². The number of unbranched alkanes of at least 4 members (excludes halogenated alkanes) is 1. The molecule has 2 aromatic carbocycles. The molecule has 7 nitrogen and oxygen atoms in total. The lowest BCUT2D eigenvalue weighted by molar-refractivity contribution is -0.169. The maximum Gasteiger partial charge on any atom is 0.211 e. The standard InChI is InChI=1S/C23H19NO6/c1-2-3-11-24-18-17(20(27)16-13(19(18)26)8-6-10-15(16)25)22(29)21(28)12-7-4-5-9-14(12)23(22,24)30/h4-10,25,29-30H,2-3,11H2,1H3. The van der Waals surface area contributed by atoms with Crippen LogP contribution < -0.4 is 0 Å². The molecule has 3 aliphatic rings. The van der Waals surface area contributed by atoms with Crippen molar-refractivity contribution in [2.75, 3.05) is 6.54 Å². The Morgan fingerprint density at radius 3 is 2.37 bits per heavy atom. The average molecular weight is 405 g/mol. The number of aromatic hydroxyl groups is 1. The summed E-state index contributed by atoms with van der Waals surface area (Å²) in [5.41, 5.74) is -5.63. The summed E-state index contributed by atoms with van der Waals surface area (Å²) in [4.78, 5) is 41.5. The summed E-state index contributed by atoms with van der Waals surface area (Å²) in [6, 6.07) is 10.3. The van der Waals surface area contributed by atoms with Crippen LogP contribution in [0.25, 0.3) is 0 Å². The van der Waals surface area contributed by atoms with Crippen molar-refractivity contribution in [3.8, 4) is 5.75 Å². The van der Waals surface area contributed by atoms with E-state index in [1.807, 2.05) is 6.92 Å². The fourth-order valence-electron chi connectivity index (χ4n) is 4.95. The molecule has 3 N–H and O–H groups in total. The van der Waals surface area contributed by atoms with Gasteiger partial charge in [0.1, 0.15) is 5.75 Å². The lowest BCUT2D eigenvalue weighted by Gasteiger charge is -2.40. The number of phenolic OH excluding ortho intramolecular Hbond substituents is 1. The van der Waals surface area contributed by atoms with Crippen molar-refractivity contribution in [1.82, 2.24) is 4.90 Å². The average Bonchev–Trinajstić information content (AvgIpc) is 3.05. The molecule has 2 unspecified atom stereocenters. The molecule has 5 rings (SSSR count). The van der Waals surface area contributed by atoms with Crippen molar-refractivity contribution < 1.29 is 29.7 Å². The molecule has 7 heteroatoms. The second-order valence-electron chi connectivity index (χ2n) is 7.84. The van der Waals surface area contributed by atoms with Crippen LogP contribution in [-0.4, -0.2) is 49.7 Å². The number of benzene rings is 2. The van der Waals surface area contributed by atoms with Crippen LogP contribution in [0.5, 0.6) is 5.75 Å². The van der Waals surface area contributed by atoms with Crippen molar-refractivity contribution in [1.29, 1.82) is 0 Å². The number of nitrogens with zero attached hydrogens (tertiary/aromatic N) is 1. The lowest BCUT2D eigenvalue weighted by atomic mass is 9.77. The number of hydrogen-bond donors (Lipinski definition) is 3. The number of aliphatic hydroxyl groups is 2. The van der Waals surface area contributed by atoms with E-state index in [0.717, 1.165) is 6.42 Å². The van der Waals surface area contributed by atoms with Gasteiger partial charge in [0.05, 0.1) is 16.8 Å². The van der Waals surface area contributed by atoms with E-state index in [1.54, 1.807) is 12.1 Å². The number of fused-ring (bicyclic) bond motifs is 5. The number of hydrogen-bond acceptors (Lipinski definition) is 7. The first kappa shape index (κ1) is 18.7. The molecule has 2 aromatic rings. The first-order chi connectivity index (χ1) is 14.3. The third-order valence-electron chi connectivity index (χ3n) is 6.33. The van der Waals surface area contributed by atoms with E-state index in [4.69, 9.17) is 0 Å². The van der Waals surface area contributed by atoms with E-state index in [9.17, 15) is 29.7 Å². The topological polar surface area (TPSA) is 115 Å². The molecule has 0 saturated carbocycles. The molecule has 0 saturated heterocycles. The van der Waals surface area contributed by atoms with Gasteiger partial charge in [-0.1, -0.05) is 43.7 Å². The molecule has 0 amide bonds. The van der Waals surface area contributed by atoms with Crippen molar-refractivity contribution >= 4 is 17.3 Å². The molecule has 1 aliphatic heterocycles. The predicted molar refractivity (Wildman–Crippen MR) is 105 cm³/mol. The fourth-order valence-corrected chi connectivity index (χ4v) is 4.95. The summed E-state index contributed by atoms with van der Waals surface area (Å²) in [5.74, 6) is -2.71. The highest BCUT2D eigenvalue weighted by Crippen LogP contribution is 2.59. The van der Waals surface area contributed by atoms with E-state index in [2.05, 4.69) is 0 Å². The van der Waals surface area contributed by atoms with E-state index in [0.29, 0.717) is 6.42 Å². The van der Waals surface area contributed by atoms with Crippen LogP contribution in [0.1, 0.15) is 56.4 Å². The van der Waals surface area contributed by atoms with E-state index in [1.165, 1.54) is 35.2 Å². The summed E-state index contributed by atoms with van der Waals surface area (Å²) in [7, 11) is 0. The summed E-state index contributed by atoms with van der Waals surface area (Å²) in [5, 5.41) is 33.8. The normalized spacial score (nSPS) is 26.6. The fraction of sp³-hybridized carbons (Fsp3) is 0.261. The Morgan fingerprint density at radius 1 is 0.933 bits per heavy atom. The van der Waals surface area contributed by atoms with E-state index < -0.39 is 40.0 Å². The second kappa shape index (κ2) is 5.87. The number of rotatable bonds is 3. The van der Waals surface area contributed by atoms with Crippen molar-refractivity contribution in [2.45, 2.75) is 31.1 Å². The molecular formula is C23H19NO6. The number of carbonyl (C=O) groups is 3. The van der Waals surface area contributed by atoms with Gasteiger partial charge in [-0.15, -0.1) is 0 Å². The van der Waals surface area contributed by atoms with E-state index >= 15 is 0 Å². The minimum absolute atomic E-state index is 0.0202. The van der Waals surface area contributed by atoms with Gasteiger partial charge < -0.3 is 20.2 Å². The summed E-state index contributed by atoms with van der Waals surface area (Å²) >= 11 is 0. The van der Waals surface area contributed by atoms with Gasteiger partial charge >= 0.3 is 0 Å². The number of phenols is 1. The third kappa shape index (κ3) is 1.85. The van der Waals surface area contributed by atoms with Crippen LogP contribution in [0.15, 0.2) is 53.7 Å². The predicted octanol–water partition coefficient (Wildman–Crippen LogP) is 1.91. The maximum atomic E-state index is 13.5. The molecule has 2 aliphatic carbocycles. The quantitative estimate of drug-likeness (QED) is 0.715. The molecule has 0 aromatic heterocycles. The zero-order valence-corrected chi connectivity index (χ0v) is 16.2. The Bertz CT molecular complexity index is 1200. The van der Waals surface area contributed by atoms with Crippen LogP contribution in [0.2, 0.25) is 0 Å². The first-order valence-corrected chi connectivity index (χ1v) is 9.83. The van der Waals surface area contributed by atoms with Crippen molar-refractivity contribution in [3.05, 3.63) is 76.0 Å². The third-order valence-corrected chi connectivity index (χ3v) is 6.33. The number of allylic oxidation sites excluding steroid dienone is 1. The van der Waals surface area contributed by atoms with Gasteiger partial charge in [-0.3, -0.25) is 14.4 Å².